The van der Waals surface area contributed by atoms with E-state index in [9.17, 15) is 4.39 Å². The van der Waals surface area contributed by atoms with E-state index in [1.165, 1.54) is 0 Å². The van der Waals surface area contributed by atoms with Crippen LogP contribution in [0.4, 0.5) is 16.0 Å². The van der Waals surface area contributed by atoms with Crippen LogP contribution < -0.4 is 10.1 Å². The van der Waals surface area contributed by atoms with Gasteiger partial charge in [0.2, 0.25) is 11.8 Å². The van der Waals surface area contributed by atoms with E-state index in [0.717, 1.165) is 42.0 Å². The number of alkyl halides is 1. The highest BCUT2D eigenvalue weighted by molar-refractivity contribution is 5.83. The predicted octanol–water partition coefficient (Wildman–Crippen LogP) is 2.66. The number of hydrogen-bond donors (Lipinski definition) is 1. The summed E-state index contributed by atoms with van der Waals surface area (Å²) < 4.78 is 22.9. The van der Waals surface area contributed by atoms with Crippen LogP contribution in [0.1, 0.15) is 19.0 Å². The molecular formula is C19H26FN7O. The minimum atomic E-state index is -0.694. The monoisotopic (exact) mass is 387 g/mol. The van der Waals surface area contributed by atoms with Crippen molar-refractivity contribution in [3.8, 4) is 5.88 Å². The molecule has 0 bridgehead atoms. The molecule has 1 N–H and O–H groups in total. The fourth-order valence-corrected chi connectivity index (χ4v) is 3.55. The summed E-state index contributed by atoms with van der Waals surface area (Å²) in [5, 5.41) is 8.61. The normalized spacial score (nSPS) is 17.5. The lowest BCUT2D eigenvalue weighted by Gasteiger charge is -2.15. The van der Waals surface area contributed by atoms with Crippen LogP contribution >= 0.6 is 0 Å². The van der Waals surface area contributed by atoms with E-state index < -0.39 is 6.17 Å². The molecule has 1 saturated heterocycles. The van der Waals surface area contributed by atoms with Crippen LogP contribution in [0.3, 0.4) is 0 Å². The Morgan fingerprint density at radius 3 is 2.93 bits per heavy atom. The van der Waals surface area contributed by atoms with E-state index in [2.05, 4.69) is 25.3 Å². The van der Waals surface area contributed by atoms with Crippen LogP contribution in [0.5, 0.6) is 5.88 Å². The van der Waals surface area contributed by atoms with Gasteiger partial charge in [0.25, 0.3) is 0 Å². The maximum absolute atomic E-state index is 13.3. The van der Waals surface area contributed by atoms with E-state index >= 15 is 0 Å². The summed E-state index contributed by atoms with van der Waals surface area (Å²) >= 11 is 0. The molecule has 1 aliphatic rings. The Balaban J connectivity index is 1.51. The second-order valence-electron chi connectivity index (χ2n) is 7.13. The van der Waals surface area contributed by atoms with Crippen LogP contribution in [0.15, 0.2) is 18.5 Å². The summed E-state index contributed by atoms with van der Waals surface area (Å²) in [6.07, 6.45) is 3.65. The number of fused-ring (bicyclic) bond motifs is 1. The number of aromatic nitrogens is 5. The van der Waals surface area contributed by atoms with E-state index in [4.69, 9.17) is 4.74 Å². The molecule has 0 unspecified atom stereocenters. The standard InChI is InChI=1S/C19H26FN7O/c1-4-28-18-15-6-7-25(3)17(15)23-19(24-18)22-16-11-21-27(13(16)2)10-9-26-8-5-14(20)12-26/h6-7,11,14H,4-5,8-10,12H2,1-3H3,(H,22,23,24)/t14-/m1/s1. The molecule has 0 aromatic carbocycles. The first-order valence-corrected chi connectivity index (χ1v) is 9.67. The highest BCUT2D eigenvalue weighted by Gasteiger charge is 2.21. The third kappa shape index (κ3) is 3.66. The molecule has 3 aromatic heterocycles. The van der Waals surface area contributed by atoms with Crippen LogP contribution in [0.25, 0.3) is 11.0 Å². The van der Waals surface area contributed by atoms with Crippen LogP contribution in [-0.4, -0.2) is 61.6 Å². The van der Waals surface area contributed by atoms with Gasteiger partial charge in [0, 0.05) is 32.9 Å². The molecular weight excluding hydrogens is 361 g/mol. The number of rotatable bonds is 7. The second kappa shape index (κ2) is 7.75. The first-order chi connectivity index (χ1) is 13.5. The maximum atomic E-state index is 13.3. The fraction of sp³-hybridized carbons (Fsp3) is 0.526. The minimum absolute atomic E-state index is 0.472. The molecule has 9 heteroatoms. The molecule has 0 amide bonds. The number of likely N-dealkylation sites (tertiary alicyclic amines) is 1. The van der Waals surface area contributed by atoms with Crippen molar-refractivity contribution >= 4 is 22.7 Å². The summed E-state index contributed by atoms with van der Waals surface area (Å²) in [7, 11) is 1.94. The number of aryl methyl sites for hydroxylation is 1. The number of hydrogen-bond acceptors (Lipinski definition) is 6. The number of halogens is 1. The molecule has 4 rings (SSSR count). The van der Waals surface area contributed by atoms with Gasteiger partial charge in [-0.3, -0.25) is 9.58 Å². The maximum Gasteiger partial charge on any atom is 0.232 e. The van der Waals surface area contributed by atoms with Crippen molar-refractivity contribution in [2.45, 2.75) is 33.0 Å². The van der Waals surface area contributed by atoms with Gasteiger partial charge in [-0.1, -0.05) is 0 Å². The molecule has 1 atom stereocenters. The molecule has 0 radical (unpaired) electrons. The van der Waals surface area contributed by atoms with Gasteiger partial charge in [-0.05, 0) is 26.3 Å². The molecule has 0 saturated carbocycles. The first-order valence-electron chi connectivity index (χ1n) is 9.67. The largest absolute Gasteiger partial charge is 0.477 e. The number of anilines is 2. The lowest BCUT2D eigenvalue weighted by atomic mass is 10.3. The number of nitrogens with one attached hydrogen (secondary N) is 1. The second-order valence-corrected chi connectivity index (χ2v) is 7.13. The zero-order valence-corrected chi connectivity index (χ0v) is 16.5. The minimum Gasteiger partial charge on any atom is -0.477 e. The van der Waals surface area contributed by atoms with Crippen molar-refractivity contribution in [3.05, 3.63) is 24.2 Å². The Morgan fingerprint density at radius 1 is 1.32 bits per heavy atom. The summed E-state index contributed by atoms with van der Waals surface area (Å²) in [5.41, 5.74) is 2.64. The Labute approximate surface area is 163 Å². The van der Waals surface area contributed by atoms with Crippen LogP contribution in [0, 0.1) is 6.92 Å². The highest BCUT2D eigenvalue weighted by atomic mass is 19.1. The number of ether oxygens (including phenoxy) is 1. The van der Waals surface area contributed by atoms with Crippen molar-refractivity contribution < 1.29 is 9.13 Å². The summed E-state index contributed by atoms with van der Waals surface area (Å²) in [6.45, 7) is 7.33. The molecule has 3 aromatic rings. The van der Waals surface area contributed by atoms with Gasteiger partial charge < -0.3 is 14.6 Å². The predicted molar refractivity (Wildman–Crippen MR) is 106 cm³/mol. The van der Waals surface area contributed by atoms with Crippen molar-refractivity contribution in [2.24, 2.45) is 7.05 Å². The average Bonchev–Trinajstić information content (AvgIpc) is 3.35. The lowest BCUT2D eigenvalue weighted by molar-refractivity contribution is 0.275. The molecule has 0 spiro atoms. The van der Waals surface area contributed by atoms with Crippen molar-refractivity contribution in [2.75, 3.05) is 31.6 Å². The van der Waals surface area contributed by atoms with Gasteiger partial charge in [-0.15, -0.1) is 0 Å². The molecule has 8 nitrogen and oxygen atoms in total. The van der Waals surface area contributed by atoms with Gasteiger partial charge in [-0.2, -0.15) is 15.1 Å². The van der Waals surface area contributed by atoms with Gasteiger partial charge in [0.15, 0.2) is 0 Å². The summed E-state index contributed by atoms with van der Waals surface area (Å²) in [5.74, 6) is 1.04. The van der Waals surface area contributed by atoms with Crippen molar-refractivity contribution in [3.63, 3.8) is 0 Å². The van der Waals surface area contributed by atoms with E-state index in [-0.39, 0.29) is 0 Å². The number of nitrogens with zero attached hydrogens (tertiary/aromatic N) is 6. The smallest absolute Gasteiger partial charge is 0.232 e. The van der Waals surface area contributed by atoms with Crippen LogP contribution in [-0.2, 0) is 13.6 Å². The van der Waals surface area contributed by atoms with Gasteiger partial charge >= 0.3 is 0 Å². The molecule has 150 valence electrons. The zero-order valence-electron chi connectivity index (χ0n) is 16.5. The molecule has 1 aliphatic heterocycles. The van der Waals surface area contributed by atoms with E-state index in [1.807, 2.05) is 42.4 Å². The van der Waals surface area contributed by atoms with Gasteiger partial charge in [0.05, 0.1) is 36.1 Å². The Kier molecular flexibility index (Phi) is 5.17. The molecule has 0 aliphatic carbocycles. The van der Waals surface area contributed by atoms with Crippen LogP contribution in [0.2, 0.25) is 0 Å². The van der Waals surface area contributed by atoms with Crippen molar-refractivity contribution in [1.29, 1.82) is 0 Å². The van der Waals surface area contributed by atoms with Crippen molar-refractivity contribution in [1.82, 2.24) is 29.2 Å². The average molecular weight is 387 g/mol. The Bertz CT molecular complexity index is 967. The SMILES string of the molecule is CCOc1nc(Nc2cnn(CCN3CC[C@@H](F)C3)c2C)nc2c1ccn2C. The summed E-state index contributed by atoms with van der Waals surface area (Å²) in [4.78, 5) is 11.3. The summed E-state index contributed by atoms with van der Waals surface area (Å²) in [6, 6.07) is 1.95. The zero-order chi connectivity index (χ0) is 19.7. The Morgan fingerprint density at radius 2 is 2.18 bits per heavy atom. The van der Waals surface area contributed by atoms with Gasteiger partial charge in [0.1, 0.15) is 11.8 Å². The highest BCUT2D eigenvalue weighted by Crippen LogP contribution is 2.27. The van der Waals surface area contributed by atoms with Gasteiger partial charge in [-0.25, -0.2) is 4.39 Å². The lowest BCUT2D eigenvalue weighted by Crippen LogP contribution is -2.26. The fourth-order valence-electron chi connectivity index (χ4n) is 3.55. The molecule has 4 heterocycles. The van der Waals surface area contributed by atoms with E-state index in [1.54, 1.807) is 6.20 Å². The quantitative estimate of drug-likeness (QED) is 0.672. The third-order valence-corrected chi connectivity index (χ3v) is 5.16. The molecule has 1 fully saturated rings. The molecule has 28 heavy (non-hydrogen) atoms. The Hall–Kier alpha value is -2.68. The topological polar surface area (TPSA) is 73.0 Å². The first kappa shape index (κ1) is 18.7. The third-order valence-electron chi connectivity index (χ3n) is 5.16. The van der Waals surface area contributed by atoms with E-state index in [0.29, 0.717) is 31.4 Å².